The summed E-state index contributed by atoms with van der Waals surface area (Å²) in [4.78, 5) is 20.3. The van der Waals surface area contributed by atoms with Crippen LogP contribution < -0.4 is 15.8 Å². The first kappa shape index (κ1) is 19.8. The van der Waals surface area contributed by atoms with Crippen molar-refractivity contribution >= 4 is 34.4 Å². The number of nitrogens with two attached hydrogens (primary N) is 1. The zero-order valence-electron chi connectivity index (χ0n) is 15.9. The van der Waals surface area contributed by atoms with Crippen molar-refractivity contribution in [3.8, 4) is 11.6 Å². The third kappa shape index (κ3) is 4.83. The SMILES string of the molecule is CC(C)(C)NC(=O)OCCn1ccc2ncnc(Oc3ccc(N)c(Cl)c3)c21. The fraction of sp³-hybridized carbons (Fsp3) is 0.316. The number of anilines is 1. The molecule has 0 aliphatic rings. The van der Waals surface area contributed by atoms with Crippen LogP contribution in [0, 0.1) is 0 Å². The van der Waals surface area contributed by atoms with Crippen LogP contribution in [0.25, 0.3) is 11.0 Å². The molecule has 0 saturated carbocycles. The van der Waals surface area contributed by atoms with Crippen molar-refractivity contribution in [1.82, 2.24) is 19.9 Å². The van der Waals surface area contributed by atoms with Crippen molar-refractivity contribution in [3.63, 3.8) is 0 Å². The summed E-state index contributed by atoms with van der Waals surface area (Å²) < 4.78 is 13.0. The molecular formula is C19H22ClN5O3. The van der Waals surface area contributed by atoms with Gasteiger partial charge in [0, 0.05) is 17.8 Å². The van der Waals surface area contributed by atoms with E-state index in [1.807, 2.05) is 37.6 Å². The van der Waals surface area contributed by atoms with Crippen molar-refractivity contribution in [3.05, 3.63) is 41.8 Å². The number of aromatic nitrogens is 3. The number of alkyl carbamates (subject to hydrolysis) is 1. The van der Waals surface area contributed by atoms with E-state index in [9.17, 15) is 4.79 Å². The Balaban J connectivity index is 1.75. The summed E-state index contributed by atoms with van der Waals surface area (Å²) in [6.45, 7) is 6.27. The van der Waals surface area contributed by atoms with Gasteiger partial charge in [0.2, 0.25) is 5.88 Å². The Kier molecular flexibility index (Phi) is 5.60. The summed E-state index contributed by atoms with van der Waals surface area (Å²) in [5, 5.41) is 3.15. The second-order valence-corrected chi connectivity index (χ2v) is 7.63. The van der Waals surface area contributed by atoms with Gasteiger partial charge in [-0.1, -0.05) is 11.6 Å². The number of hydrogen-bond acceptors (Lipinski definition) is 6. The van der Waals surface area contributed by atoms with Crippen LogP contribution >= 0.6 is 11.6 Å². The number of benzene rings is 1. The monoisotopic (exact) mass is 403 g/mol. The lowest BCUT2D eigenvalue weighted by molar-refractivity contribution is 0.134. The second kappa shape index (κ2) is 7.93. The van der Waals surface area contributed by atoms with Crippen molar-refractivity contribution in [2.24, 2.45) is 0 Å². The number of amides is 1. The minimum atomic E-state index is -0.465. The molecule has 2 heterocycles. The number of nitrogen functional groups attached to an aromatic ring is 1. The van der Waals surface area contributed by atoms with Crippen molar-refractivity contribution in [2.75, 3.05) is 12.3 Å². The summed E-state index contributed by atoms with van der Waals surface area (Å²) in [6.07, 6.45) is 2.80. The summed E-state index contributed by atoms with van der Waals surface area (Å²) in [6, 6.07) is 6.84. The first-order chi connectivity index (χ1) is 13.2. The molecule has 8 nitrogen and oxygen atoms in total. The second-order valence-electron chi connectivity index (χ2n) is 7.22. The Morgan fingerprint density at radius 3 is 2.79 bits per heavy atom. The molecule has 0 atom stereocenters. The third-order valence-electron chi connectivity index (χ3n) is 3.75. The van der Waals surface area contributed by atoms with Gasteiger partial charge in [-0.3, -0.25) is 0 Å². The minimum Gasteiger partial charge on any atom is -0.448 e. The number of halogens is 1. The van der Waals surface area contributed by atoms with Gasteiger partial charge in [0.15, 0.2) is 0 Å². The fourth-order valence-electron chi connectivity index (χ4n) is 2.53. The van der Waals surface area contributed by atoms with E-state index in [4.69, 9.17) is 26.8 Å². The molecule has 0 saturated heterocycles. The minimum absolute atomic E-state index is 0.188. The molecule has 2 aromatic heterocycles. The highest BCUT2D eigenvalue weighted by molar-refractivity contribution is 6.33. The molecule has 3 aromatic rings. The van der Waals surface area contributed by atoms with Gasteiger partial charge in [0.05, 0.1) is 22.8 Å². The Morgan fingerprint density at radius 2 is 2.07 bits per heavy atom. The Bertz CT molecular complexity index is 997. The molecular weight excluding hydrogens is 382 g/mol. The smallest absolute Gasteiger partial charge is 0.407 e. The van der Waals surface area contributed by atoms with Gasteiger partial charge in [-0.2, -0.15) is 4.98 Å². The number of nitrogens with zero attached hydrogens (tertiary/aromatic N) is 3. The quantitative estimate of drug-likeness (QED) is 0.624. The van der Waals surface area contributed by atoms with Crippen LogP contribution in [-0.2, 0) is 11.3 Å². The normalized spacial score (nSPS) is 11.4. The molecule has 1 amide bonds. The van der Waals surface area contributed by atoms with Crippen LogP contribution in [0.2, 0.25) is 5.02 Å². The highest BCUT2D eigenvalue weighted by Crippen LogP contribution is 2.30. The molecule has 3 N–H and O–H groups in total. The maximum atomic E-state index is 11.8. The molecule has 0 bridgehead atoms. The molecule has 3 rings (SSSR count). The summed E-state index contributed by atoms with van der Waals surface area (Å²) in [5.74, 6) is 0.878. The zero-order valence-corrected chi connectivity index (χ0v) is 16.7. The predicted molar refractivity (Wildman–Crippen MR) is 108 cm³/mol. The molecule has 28 heavy (non-hydrogen) atoms. The molecule has 148 valence electrons. The number of ether oxygens (including phenoxy) is 2. The molecule has 0 unspecified atom stereocenters. The maximum Gasteiger partial charge on any atom is 0.407 e. The maximum absolute atomic E-state index is 11.8. The van der Waals surface area contributed by atoms with Crippen LogP contribution in [0.4, 0.5) is 10.5 Å². The van der Waals surface area contributed by atoms with E-state index in [1.165, 1.54) is 6.33 Å². The van der Waals surface area contributed by atoms with Crippen molar-refractivity contribution in [1.29, 1.82) is 0 Å². The van der Waals surface area contributed by atoms with E-state index in [1.54, 1.807) is 18.2 Å². The van der Waals surface area contributed by atoms with E-state index in [0.717, 1.165) is 0 Å². The molecule has 0 fully saturated rings. The summed E-state index contributed by atoms with van der Waals surface area (Å²) >= 11 is 6.05. The molecule has 0 aliphatic carbocycles. The highest BCUT2D eigenvalue weighted by Gasteiger charge is 2.15. The largest absolute Gasteiger partial charge is 0.448 e. The molecule has 9 heteroatoms. The van der Waals surface area contributed by atoms with Crippen molar-refractivity contribution < 1.29 is 14.3 Å². The van der Waals surface area contributed by atoms with Gasteiger partial charge < -0.3 is 25.1 Å². The first-order valence-corrected chi connectivity index (χ1v) is 9.08. The molecule has 0 spiro atoms. The van der Waals surface area contributed by atoms with Crippen LogP contribution in [0.5, 0.6) is 11.6 Å². The van der Waals surface area contributed by atoms with Gasteiger partial charge >= 0.3 is 6.09 Å². The highest BCUT2D eigenvalue weighted by atomic mass is 35.5. The number of carbonyl (C=O) groups is 1. The fourth-order valence-corrected chi connectivity index (χ4v) is 2.70. The zero-order chi connectivity index (χ0) is 20.3. The lowest BCUT2D eigenvalue weighted by atomic mass is 10.1. The number of carbonyl (C=O) groups excluding carboxylic acids is 1. The third-order valence-corrected chi connectivity index (χ3v) is 4.07. The number of rotatable bonds is 5. The lowest BCUT2D eigenvalue weighted by Crippen LogP contribution is -2.41. The average molecular weight is 404 g/mol. The average Bonchev–Trinajstić information content (AvgIpc) is 3.01. The van der Waals surface area contributed by atoms with Gasteiger partial charge in [-0.05, 0) is 39.0 Å². The molecule has 0 aliphatic heterocycles. The lowest BCUT2D eigenvalue weighted by Gasteiger charge is -2.20. The summed E-state index contributed by atoms with van der Waals surface area (Å²) in [5.41, 5.74) is 7.25. The number of fused-ring (bicyclic) bond motifs is 1. The Labute approximate surface area is 167 Å². The van der Waals surface area contributed by atoms with Crippen LogP contribution in [0.3, 0.4) is 0 Å². The molecule has 1 aromatic carbocycles. The van der Waals surface area contributed by atoms with Gasteiger partial charge in [-0.15, -0.1) is 0 Å². The first-order valence-electron chi connectivity index (χ1n) is 8.70. The van der Waals surface area contributed by atoms with E-state index in [-0.39, 0.29) is 12.1 Å². The van der Waals surface area contributed by atoms with E-state index < -0.39 is 6.09 Å². The standard InChI is InChI=1S/C19H22ClN5O3/c1-19(2,3)24-18(26)27-9-8-25-7-6-15-16(25)17(23-11-22-15)28-12-4-5-14(21)13(20)10-12/h4-7,10-11H,8-9,21H2,1-3H3,(H,24,26). The van der Waals surface area contributed by atoms with Crippen molar-refractivity contribution in [2.45, 2.75) is 32.9 Å². The van der Waals surface area contributed by atoms with E-state index >= 15 is 0 Å². The Morgan fingerprint density at radius 1 is 1.29 bits per heavy atom. The number of hydrogen-bond donors (Lipinski definition) is 2. The number of nitrogens with one attached hydrogen (secondary N) is 1. The van der Waals surface area contributed by atoms with Gasteiger partial charge in [0.1, 0.15) is 24.2 Å². The van der Waals surface area contributed by atoms with Crippen LogP contribution in [0.15, 0.2) is 36.8 Å². The Hall–Kier alpha value is -3.00. The van der Waals surface area contributed by atoms with Crippen LogP contribution in [0.1, 0.15) is 20.8 Å². The van der Waals surface area contributed by atoms with E-state index in [0.29, 0.717) is 39.9 Å². The predicted octanol–water partition coefficient (Wildman–Crippen LogP) is 3.98. The van der Waals surface area contributed by atoms with Gasteiger partial charge in [0.25, 0.3) is 0 Å². The van der Waals surface area contributed by atoms with Gasteiger partial charge in [-0.25, -0.2) is 9.78 Å². The molecule has 0 radical (unpaired) electrons. The summed E-state index contributed by atoms with van der Waals surface area (Å²) in [7, 11) is 0. The van der Waals surface area contributed by atoms with Crippen LogP contribution in [-0.4, -0.2) is 32.8 Å². The van der Waals surface area contributed by atoms with E-state index in [2.05, 4.69) is 15.3 Å². The topological polar surface area (TPSA) is 104 Å².